The molecule has 0 radical (unpaired) electrons. The first-order chi connectivity index (χ1) is 16.5. The fraction of sp³-hybridized carbons (Fsp3) is 0.750. The van der Waals surface area contributed by atoms with Crippen LogP contribution in [-0.2, 0) is 39.3 Å². The lowest BCUT2D eigenvalue weighted by atomic mass is 10.1. The van der Waals surface area contributed by atoms with Crippen LogP contribution in [0.2, 0.25) is 0 Å². The first kappa shape index (κ1) is 32.8. The van der Waals surface area contributed by atoms with Crippen LogP contribution < -0.4 is 8.37 Å². The molecule has 0 N–H and O–H groups in total. The van der Waals surface area contributed by atoms with Crippen LogP contribution in [0.5, 0.6) is 11.6 Å². The fourth-order valence-electron chi connectivity index (χ4n) is 3.06. The molecular formula is C20H35N3O11S3. The molecule has 0 aliphatic carbocycles. The lowest BCUT2D eigenvalue weighted by Crippen LogP contribution is -2.37. The van der Waals surface area contributed by atoms with Crippen LogP contribution in [0.3, 0.4) is 0 Å². The second kappa shape index (κ2) is 12.1. The molecule has 0 saturated carbocycles. The van der Waals surface area contributed by atoms with E-state index in [2.05, 4.69) is 9.97 Å². The number of amides is 1. The summed E-state index contributed by atoms with van der Waals surface area (Å²) in [6.45, 7) is 7.95. The summed E-state index contributed by atoms with van der Waals surface area (Å²) < 4.78 is 90.0. The number of rotatable bonds is 12. The monoisotopic (exact) mass is 589 g/mol. The molecule has 0 saturated heterocycles. The van der Waals surface area contributed by atoms with Crippen molar-refractivity contribution >= 4 is 36.4 Å². The molecule has 17 heteroatoms. The van der Waals surface area contributed by atoms with E-state index in [1.54, 1.807) is 27.7 Å². The Morgan fingerprint density at radius 2 is 1.46 bits per heavy atom. The van der Waals surface area contributed by atoms with Crippen molar-refractivity contribution in [1.29, 1.82) is 0 Å². The van der Waals surface area contributed by atoms with Gasteiger partial charge in [0.25, 0.3) is 16.0 Å². The highest BCUT2D eigenvalue weighted by molar-refractivity contribution is 7.86. The number of hydrogen-bond donors (Lipinski definition) is 0. The minimum Gasteiger partial charge on any atom is -0.444 e. The molecule has 0 bridgehead atoms. The van der Waals surface area contributed by atoms with Gasteiger partial charge in [-0.25, -0.2) is 9.78 Å². The van der Waals surface area contributed by atoms with Crippen LogP contribution >= 0.6 is 0 Å². The first-order valence-electron chi connectivity index (χ1n) is 11.0. The van der Waals surface area contributed by atoms with Crippen molar-refractivity contribution in [2.75, 3.05) is 25.8 Å². The highest BCUT2D eigenvalue weighted by Crippen LogP contribution is 2.34. The summed E-state index contributed by atoms with van der Waals surface area (Å²) in [5.41, 5.74) is -0.896. The van der Waals surface area contributed by atoms with Gasteiger partial charge in [-0.1, -0.05) is 0 Å². The molecule has 0 aliphatic heterocycles. The Kier molecular flexibility index (Phi) is 10.7. The molecule has 2 unspecified atom stereocenters. The molecule has 1 aromatic rings. The van der Waals surface area contributed by atoms with Crippen LogP contribution in [0.15, 0.2) is 0 Å². The zero-order chi connectivity index (χ0) is 29.0. The van der Waals surface area contributed by atoms with E-state index >= 15 is 0 Å². The maximum Gasteiger partial charge on any atom is 0.410 e. The third kappa shape index (κ3) is 12.7. The highest BCUT2D eigenvalue weighted by Gasteiger charge is 2.31. The SMILES string of the molecule is Cc1nc(C(CCCC(C)OS(C)(=O)=O)N(C)C(=O)OC(C)(C)C)nc(OS(C)(=O)=O)c1OS(C)(=O)=O. The van der Waals surface area contributed by atoms with Crippen LogP contribution in [0.1, 0.15) is 64.5 Å². The number of nitrogens with zero attached hydrogens (tertiary/aromatic N) is 3. The number of carbonyl (C=O) groups is 1. The van der Waals surface area contributed by atoms with E-state index in [4.69, 9.17) is 17.3 Å². The fourth-order valence-corrected chi connectivity index (χ4v) is 4.64. The molecule has 0 aromatic carbocycles. The Morgan fingerprint density at radius 1 is 0.919 bits per heavy atom. The smallest absolute Gasteiger partial charge is 0.410 e. The number of hydrogen-bond acceptors (Lipinski definition) is 13. The summed E-state index contributed by atoms with van der Waals surface area (Å²) in [5.74, 6) is -1.28. The second-order valence-electron chi connectivity index (χ2n) is 9.53. The van der Waals surface area contributed by atoms with Gasteiger partial charge in [-0.15, -0.1) is 0 Å². The van der Waals surface area contributed by atoms with E-state index in [0.717, 1.165) is 18.8 Å². The molecule has 0 aliphatic rings. The van der Waals surface area contributed by atoms with E-state index in [1.165, 1.54) is 18.9 Å². The van der Waals surface area contributed by atoms with Gasteiger partial charge in [-0.2, -0.15) is 30.2 Å². The third-order valence-corrected chi connectivity index (χ3v) is 5.97. The Labute approximate surface area is 219 Å². The first-order valence-corrected chi connectivity index (χ1v) is 16.4. The molecule has 37 heavy (non-hydrogen) atoms. The predicted molar refractivity (Wildman–Crippen MR) is 134 cm³/mol. The predicted octanol–water partition coefficient (Wildman–Crippen LogP) is 1.90. The zero-order valence-electron chi connectivity index (χ0n) is 22.3. The number of ether oxygens (including phenoxy) is 1. The topological polar surface area (TPSA) is 185 Å². The minimum atomic E-state index is -4.16. The number of carbonyl (C=O) groups excluding carboxylic acids is 1. The maximum atomic E-state index is 12.8. The minimum absolute atomic E-state index is 0.0644. The van der Waals surface area contributed by atoms with Crippen molar-refractivity contribution in [1.82, 2.24) is 14.9 Å². The van der Waals surface area contributed by atoms with Gasteiger partial charge in [0.05, 0.1) is 36.6 Å². The van der Waals surface area contributed by atoms with Gasteiger partial charge in [-0.3, -0.25) is 4.18 Å². The number of aromatic nitrogens is 2. The molecule has 1 aromatic heterocycles. The summed E-state index contributed by atoms with van der Waals surface area (Å²) in [5, 5.41) is 0. The van der Waals surface area contributed by atoms with E-state index in [-0.39, 0.29) is 24.4 Å². The van der Waals surface area contributed by atoms with Crippen LogP contribution in [-0.4, -0.2) is 83.7 Å². The van der Waals surface area contributed by atoms with E-state index in [9.17, 15) is 30.0 Å². The molecule has 2 atom stereocenters. The molecule has 14 nitrogen and oxygen atoms in total. The highest BCUT2D eigenvalue weighted by atomic mass is 32.2. The third-order valence-electron chi connectivity index (χ3n) is 4.36. The molecular weight excluding hydrogens is 554 g/mol. The summed E-state index contributed by atoms with van der Waals surface area (Å²) in [7, 11) is -10.5. The van der Waals surface area contributed by atoms with Crippen LogP contribution in [0.25, 0.3) is 0 Å². The molecule has 0 spiro atoms. The molecule has 1 heterocycles. The average molecular weight is 590 g/mol. The Balaban J connectivity index is 3.51. The van der Waals surface area contributed by atoms with Gasteiger partial charge in [0.2, 0.25) is 5.75 Å². The van der Waals surface area contributed by atoms with Crippen molar-refractivity contribution in [2.45, 2.75) is 71.6 Å². The second-order valence-corrected chi connectivity index (χ2v) is 14.3. The lowest BCUT2D eigenvalue weighted by molar-refractivity contribution is 0.0199. The summed E-state index contributed by atoms with van der Waals surface area (Å²) >= 11 is 0. The van der Waals surface area contributed by atoms with Crippen molar-refractivity contribution in [3.8, 4) is 11.6 Å². The average Bonchev–Trinajstić information content (AvgIpc) is 2.62. The van der Waals surface area contributed by atoms with Gasteiger partial charge in [0, 0.05) is 7.05 Å². The standard InChI is InChI=1S/C20H35N3O11S3/c1-13(32-35(7,25)26)11-10-12-15(23(6)19(24)31-20(3,4)5)17-21-14(2)16(33-36(8,27)28)18(22-17)34-37(9,29)30/h13,15H,10-12H2,1-9H3. The summed E-state index contributed by atoms with van der Waals surface area (Å²) in [6, 6.07) is -0.909. The van der Waals surface area contributed by atoms with Crippen molar-refractivity contribution in [2.24, 2.45) is 0 Å². The van der Waals surface area contributed by atoms with Gasteiger partial charge in [0.1, 0.15) is 5.60 Å². The van der Waals surface area contributed by atoms with Crippen molar-refractivity contribution < 1.29 is 47.3 Å². The van der Waals surface area contributed by atoms with E-state index < -0.39 is 65.8 Å². The Bertz CT molecular complexity index is 1290. The molecule has 1 rings (SSSR count). The Hall–Kier alpha value is -2.24. The molecule has 0 fully saturated rings. The summed E-state index contributed by atoms with van der Waals surface area (Å²) in [4.78, 5) is 22.4. The van der Waals surface area contributed by atoms with Gasteiger partial charge in [-0.05, 0) is 53.9 Å². The van der Waals surface area contributed by atoms with Crippen molar-refractivity contribution in [3.63, 3.8) is 0 Å². The molecule has 214 valence electrons. The zero-order valence-corrected chi connectivity index (χ0v) is 24.8. The van der Waals surface area contributed by atoms with Gasteiger partial charge >= 0.3 is 26.3 Å². The van der Waals surface area contributed by atoms with Crippen molar-refractivity contribution in [3.05, 3.63) is 11.5 Å². The molecule has 1 amide bonds. The van der Waals surface area contributed by atoms with Crippen LogP contribution in [0.4, 0.5) is 4.79 Å². The van der Waals surface area contributed by atoms with Gasteiger partial charge in [0.15, 0.2) is 5.82 Å². The quantitative estimate of drug-likeness (QED) is 0.322. The van der Waals surface area contributed by atoms with E-state index in [0.29, 0.717) is 6.42 Å². The lowest BCUT2D eigenvalue weighted by Gasteiger charge is -2.30. The van der Waals surface area contributed by atoms with E-state index in [1.807, 2.05) is 0 Å². The van der Waals surface area contributed by atoms with Crippen LogP contribution in [0, 0.1) is 6.92 Å². The Morgan fingerprint density at radius 3 is 1.92 bits per heavy atom. The number of aryl methyl sites for hydroxylation is 1. The summed E-state index contributed by atoms with van der Waals surface area (Å²) in [6.07, 6.45) is 1.83. The van der Waals surface area contributed by atoms with Gasteiger partial charge < -0.3 is 18.0 Å². The largest absolute Gasteiger partial charge is 0.444 e. The normalized spacial score (nSPS) is 14.5. The maximum absolute atomic E-state index is 12.8.